The molecule has 0 aliphatic rings. The van der Waals surface area contributed by atoms with Crippen LogP contribution in [0.1, 0.15) is 11.3 Å². The minimum absolute atomic E-state index is 0. The van der Waals surface area contributed by atoms with Crippen molar-refractivity contribution < 1.29 is 0 Å². The first kappa shape index (κ1) is 18.7. The fraction of sp³-hybridized carbons (Fsp3) is 0.615. The first-order valence-electron chi connectivity index (χ1n) is 6.34. The third-order valence-corrected chi connectivity index (χ3v) is 3.48. The van der Waals surface area contributed by atoms with Gasteiger partial charge in [0.1, 0.15) is 0 Å². The molecule has 1 aromatic rings. The Morgan fingerprint density at radius 3 is 2.63 bits per heavy atom. The molecule has 110 valence electrons. The zero-order valence-corrected chi connectivity index (χ0v) is 15.1. The van der Waals surface area contributed by atoms with E-state index in [0.29, 0.717) is 0 Å². The van der Waals surface area contributed by atoms with Crippen LogP contribution >= 0.6 is 35.3 Å². The summed E-state index contributed by atoms with van der Waals surface area (Å²) in [6, 6.07) is 4.26. The van der Waals surface area contributed by atoms with E-state index < -0.39 is 0 Å². The first-order valence-corrected chi connectivity index (χ1v) is 7.22. The highest BCUT2D eigenvalue weighted by atomic mass is 127. The highest BCUT2D eigenvalue weighted by Crippen LogP contribution is 2.07. The number of nitrogens with one attached hydrogen (secondary N) is 2. The van der Waals surface area contributed by atoms with E-state index in [2.05, 4.69) is 52.1 Å². The summed E-state index contributed by atoms with van der Waals surface area (Å²) in [6.07, 6.45) is 2.18. The maximum atomic E-state index is 4.21. The largest absolute Gasteiger partial charge is 0.356 e. The molecular formula is C13H25IN4S. The lowest BCUT2D eigenvalue weighted by Crippen LogP contribution is -2.39. The molecule has 0 saturated carbocycles. The summed E-state index contributed by atoms with van der Waals surface area (Å²) in [4.78, 5) is 7.80. The van der Waals surface area contributed by atoms with Gasteiger partial charge in [0, 0.05) is 25.0 Å². The molecule has 0 aliphatic heterocycles. The molecule has 4 nitrogen and oxygen atoms in total. The standard InChI is InChI=1S/C13H24N4S.HI/c1-14-13(15-8-5-10-17(2)3)16-9-7-12-6-4-11-18-12;/h4,6,11H,5,7-10H2,1-3H3,(H2,14,15,16);1H. The van der Waals surface area contributed by atoms with E-state index in [0.717, 1.165) is 38.4 Å². The average Bonchev–Trinajstić information content (AvgIpc) is 2.85. The summed E-state index contributed by atoms with van der Waals surface area (Å²) in [5, 5.41) is 8.76. The Hall–Kier alpha value is -0.340. The molecule has 0 aliphatic carbocycles. The summed E-state index contributed by atoms with van der Waals surface area (Å²) in [5.41, 5.74) is 0. The van der Waals surface area contributed by atoms with Gasteiger partial charge in [-0.3, -0.25) is 4.99 Å². The van der Waals surface area contributed by atoms with Crippen molar-refractivity contribution in [2.75, 3.05) is 40.8 Å². The molecule has 0 bridgehead atoms. The molecule has 1 rings (SSSR count). The Morgan fingerprint density at radius 1 is 1.32 bits per heavy atom. The second-order valence-corrected chi connectivity index (χ2v) is 5.44. The molecule has 0 spiro atoms. The quantitative estimate of drug-likeness (QED) is 0.321. The van der Waals surface area contributed by atoms with Crippen LogP contribution in [0.2, 0.25) is 0 Å². The van der Waals surface area contributed by atoms with E-state index in [1.54, 1.807) is 11.3 Å². The van der Waals surface area contributed by atoms with Gasteiger partial charge in [0.25, 0.3) is 0 Å². The van der Waals surface area contributed by atoms with E-state index in [9.17, 15) is 0 Å². The smallest absolute Gasteiger partial charge is 0.190 e. The lowest BCUT2D eigenvalue weighted by atomic mass is 10.3. The maximum Gasteiger partial charge on any atom is 0.190 e. The molecule has 0 saturated heterocycles. The highest BCUT2D eigenvalue weighted by Gasteiger charge is 1.98. The van der Waals surface area contributed by atoms with E-state index in [-0.39, 0.29) is 24.0 Å². The van der Waals surface area contributed by atoms with E-state index >= 15 is 0 Å². The summed E-state index contributed by atoms with van der Waals surface area (Å²) < 4.78 is 0. The highest BCUT2D eigenvalue weighted by molar-refractivity contribution is 14.0. The van der Waals surface area contributed by atoms with Gasteiger partial charge in [-0.25, -0.2) is 0 Å². The Labute approximate surface area is 137 Å². The number of halogens is 1. The molecular weight excluding hydrogens is 371 g/mol. The molecule has 0 unspecified atom stereocenters. The zero-order chi connectivity index (χ0) is 13.2. The van der Waals surface area contributed by atoms with Crippen LogP contribution in [0.3, 0.4) is 0 Å². The number of aliphatic imine (C=N–C) groups is 1. The van der Waals surface area contributed by atoms with Crippen molar-refractivity contribution in [2.45, 2.75) is 12.8 Å². The normalized spacial score (nSPS) is 11.3. The van der Waals surface area contributed by atoms with Crippen LogP contribution in [0.5, 0.6) is 0 Å². The van der Waals surface area contributed by atoms with Crippen molar-refractivity contribution in [1.82, 2.24) is 15.5 Å². The molecule has 0 radical (unpaired) electrons. The minimum Gasteiger partial charge on any atom is -0.356 e. The molecule has 19 heavy (non-hydrogen) atoms. The third-order valence-electron chi connectivity index (χ3n) is 2.54. The second kappa shape index (κ2) is 11.5. The monoisotopic (exact) mass is 396 g/mol. The number of hydrogen-bond acceptors (Lipinski definition) is 3. The van der Waals surface area contributed by atoms with E-state index in [1.807, 2.05) is 7.05 Å². The zero-order valence-electron chi connectivity index (χ0n) is 12.0. The summed E-state index contributed by atoms with van der Waals surface area (Å²) in [5.74, 6) is 0.894. The van der Waals surface area contributed by atoms with Gasteiger partial charge in [0.2, 0.25) is 0 Å². The van der Waals surface area contributed by atoms with Crippen molar-refractivity contribution in [3.8, 4) is 0 Å². The van der Waals surface area contributed by atoms with Crippen LogP contribution in [-0.2, 0) is 6.42 Å². The molecule has 0 fully saturated rings. The van der Waals surface area contributed by atoms with Crippen molar-refractivity contribution in [1.29, 1.82) is 0 Å². The van der Waals surface area contributed by atoms with Crippen LogP contribution in [-0.4, -0.2) is 51.6 Å². The SMILES string of the molecule is CN=C(NCCCN(C)C)NCCc1cccs1.I. The second-order valence-electron chi connectivity index (χ2n) is 4.41. The van der Waals surface area contributed by atoms with Gasteiger partial charge in [-0.15, -0.1) is 35.3 Å². The van der Waals surface area contributed by atoms with Crippen LogP contribution in [0.4, 0.5) is 0 Å². The molecule has 0 aromatic carbocycles. The third kappa shape index (κ3) is 9.23. The number of nitrogens with zero attached hydrogens (tertiary/aromatic N) is 2. The summed E-state index contributed by atoms with van der Waals surface area (Å²) in [7, 11) is 5.99. The molecule has 1 aromatic heterocycles. The predicted octanol–water partition coefficient (Wildman–Crippen LogP) is 2.03. The molecule has 0 atom stereocenters. The van der Waals surface area contributed by atoms with Crippen molar-refractivity contribution in [3.05, 3.63) is 22.4 Å². The van der Waals surface area contributed by atoms with Gasteiger partial charge in [0.15, 0.2) is 5.96 Å². The van der Waals surface area contributed by atoms with Gasteiger partial charge in [-0.05, 0) is 44.9 Å². The first-order chi connectivity index (χ1) is 8.72. The topological polar surface area (TPSA) is 39.7 Å². The van der Waals surface area contributed by atoms with Gasteiger partial charge in [-0.2, -0.15) is 0 Å². The van der Waals surface area contributed by atoms with E-state index in [1.165, 1.54) is 4.88 Å². The van der Waals surface area contributed by atoms with Crippen molar-refractivity contribution in [2.24, 2.45) is 4.99 Å². The van der Waals surface area contributed by atoms with Gasteiger partial charge < -0.3 is 15.5 Å². The van der Waals surface area contributed by atoms with Crippen LogP contribution < -0.4 is 10.6 Å². The number of guanidine groups is 1. The Bertz CT molecular complexity index is 338. The van der Waals surface area contributed by atoms with Crippen LogP contribution in [0.15, 0.2) is 22.5 Å². The molecule has 6 heteroatoms. The van der Waals surface area contributed by atoms with Crippen LogP contribution in [0.25, 0.3) is 0 Å². The Morgan fingerprint density at radius 2 is 2.05 bits per heavy atom. The Balaban J connectivity index is 0.00000324. The van der Waals surface area contributed by atoms with Gasteiger partial charge >= 0.3 is 0 Å². The lowest BCUT2D eigenvalue weighted by molar-refractivity contribution is 0.399. The Kier molecular flexibility index (Phi) is 11.3. The fourth-order valence-electron chi connectivity index (χ4n) is 1.58. The van der Waals surface area contributed by atoms with Crippen LogP contribution in [0, 0.1) is 0 Å². The molecule has 2 N–H and O–H groups in total. The van der Waals surface area contributed by atoms with Crippen molar-refractivity contribution >= 4 is 41.3 Å². The van der Waals surface area contributed by atoms with Crippen molar-refractivity contribution in [3.63, 3.8) is 0 Å². The van der Waals surface area contributed by atoms with Gasteiger partial charge in [-0.1, -0.05) is 6.07 Å². The number of hydrogen-bond donors (Lipinski definition) is 2. The molecule has 0 amide bonds. The number of thiophene rings is 1. The minimum atomic E-state index is 0. The summed E-state index contributed by atoms with van der Waals surface area (Å²) in [6.45, 7) is 2.98. The maximum absolute atomic E-state index is 4.21. The summed E-state index contributed by atoms with van der Waals surface area (Å²) >= 11 is 1.80. The average molecular weight is 396 g/mol. The van der Waals surface area contributed by atoms with E-state index in [4.69, 9.17) is 0 Å². The molecule has 1 heterocycles. The lowest BCUT2D eigenvalue weighted by Gasteiger charge is -2.13. The predicted molar refractivity (Wildman–Crippen MR) is 96.0 cm³/mol. The number of rotatable bonds is 7. The fourth-order valence-corrected chi connectivity index (χ4v) is 2.29. The van der Waals surface area contributed by atoms with Gasteiger partial charge in [0.05, 0.1) is 0 Å².